The van der Waals surface area contributed by atoms with Gasteiger partial charge in [0.05, 0.1) is 6.54 Å². The summed E-state index contributed by atoms with van der Waals surface area (Å²) in [5.74, 6) is 2.60. The molecule has 24 heavy (non-hydrogen) atoms. The normalized spacial score (nSPS) is 19.1. The highest BCUT2D eigenvalue weighted by molar-refractivity contribution is 5.92. The minimum absolute atomic E-state index is 0.129. The number of aromatic nitrogens is 1. The topological polar surface area (TPSA) is 64.8 Å². The van der Waals surface area contributed by atoms with Crippen LogP contribution in [0, 0.1) is 0 Å². The molecule has 2 heterocycles. The highest BCUT2D eigenvalue weighted by atomic mass is 16.6. The van der Waals surface area contributed by atoms with Gasteiger partial charge in [-0.3, -0.25) is 4.79 Å². The van der Waals surface area contributed by atoms with Gasteiger partial charge in [-0.25, -0.2) is 0 Å². The van der Waals surface area contributed by atoms with Crippen LogP contribution in [0.25, 0.3) is 0 Å². The lowest BCUT2D eigenvalue weighted by molar-refractivity contribution is 0.0468. The predicted molar refractivity (Wildman–Crippen MR) is 86.4 cm³/mol. The molecular formula is C18H20N2O4. The number of hydrogen-bond donors (Lipinski definition) is 0. The number of nitrogens with zero attached hydrogens (tertiary/aromatic N) is 2. The van der Waals surface area contributed by atoms with Gasteiger partial charge in [0.15, 0.2) is 23.3 Å². The average Bonchev–Trinajstić information content (AvgIpc) is 3.36. The van der Waals surface area contributed by atoms with Gasteiger partial charge in [-0.1, -0.05) is 17.3 Å². The summed E-state index contributed by atoms with van der Waals surface area (Å²) in [7, 11) is 0. The quantitative estimate of drug-likeness (QED) is 0.844. The minimum atomic E-state index is -0.196. The van der Waals surface area contributed by atoms with Gasteiger partial charge in [-0.05, 0) is 31.9 Å². The van der Waals surface area contributed by atoms with Crippen LogP contribution in [-0.2, 0) is 0 Å². The Bertz CT molecular complexity index is 738. The third kappa shape index (κ3) is 2.96. The van der Waals surface area contributed by atoms with Crippen LogP contribution in [-0.4, -0.2) is 41.8 Å². The van der Waals surface area contributed by atoms with Crippen molar-refractivity contribution in [2.45, 2.75) is 31.8 Å². The third-order valence-electron chi connectivity index (χ3n) is 4.39. The lowest BCUT2D eigenvalue weighted by Crippen LogP contribution is -2.43. The minimum Gasteiger partial charge on any atom is -0.486 e. The standard InChI is InChI=1S/C18H20N2O4/c1-2-20(18(21)14-9-17(24-19-14)12-7-8-12)10-13-11-22-15-5-3-4-6-16(15)23-13/h3-6,9,12-13H,2,7-8,10-11H2,1H3/t13-/m0/s1. The van der Waals surface area contributed by atoms with Crippen molar-refractivity contribution in [2.75, 3.05) is 19.7 Å². The van der Waals surface area contributed by atoms with Gasteiger partial charge < -0.3 is 18.9 Å². The monoisotopic (exact) mass is 328 g/mol. The Hall–Kier alpha value is -2.50. The van der Waals surface area contributed by atoms with Crippen LogP contribution in [0.5, 0.6) is 11.5 Å². The van der Waals surface area contributed by atoms with Gasteiger partial charge >= 0.3 is 0 Å². The van der Waals surface area contributed by atoms with Crippen LogP contribution < -0.4 is 9.47 Å². The second-order valence-corrected chi connectivity index (χ2v) is 6.23. The van der Waals surface area contributed by atoms with Crippen molar-refractivity contribution in [1.82, 2.24) is 10.1 Å². The Morgan fingerprint density at radius 1 is 1.29 bits per heavy atom. The molecule has 0 spiro atoms. The SMILES string of the molecule is CCN(C[C@H]1COc2ccccc2O1)C(=O)c1cc(C2CC2)on1. The number of benzene rings is 1. The van der Waals surface area contributed by atoms with Crippen LogP contribution in [0.4, 0.5) is 0 Å². The molecule has 0 N–H and O–H groups in total. The van der Waals surface area contributed by atoms with Gasteiger partial charge in [0, 0.05) is 18.5 Å². The molecule has 1 aliphatic carbocycles. The van der Waals surface area contributed by atoms with Crippen LogP contribution >= 0.6 is 0 Å². The highest BCUT2D eigenvalue weighted by Gasteiger charge is 2.31. The number of carbonyl (C=O) groups excluding carboxylic acids is 1. The zero-order valence-corrected chi connectivity index (χ0v) is 13.6. The van der Waals surface area contributed by atoms with E-state index in [1.807, 2.05) is 31.2 Å². The van der Waals surface area contributed by atoms with Crippen LogP contribution in [0.15, 0.2) is 34.9 Å². The number of likely N-dealkylation sites (N-methyl/N-ethyl adjacent to an activating group) is 1. The smallest absolute Gasteiger partial charge is 0.276 e. The van der Waals surface area contributed by atoms with E-state index in [1.165, 1.54) is 0 Å². The fourth-order valence-corrected chi connectivity index (χ4v) is 2.87. The Balaban J connectivity index is 1.43. The Kier molecular flexibility index (Phi) is 3.88. The van der Waals surface area contributed by atoms with Crippen molar-refractivity contribution in [1.29, 1.82) is 0 Å². The molecule has 0 unspecified atom stereocenters. The van der Waals surface area contributed by atoms with Crippen molar-refractivity contribution >= 4 is 5.91 Å². The molecule has 1 atom stereocenters. The molecule has 2 aliphatic rings. The van der Waals surface area contributed by atoms with E-state index in [1.54, 1.807) is 11.0 Å². The van der Waals surface area contributed by atoms with Crippen molar-refractivity contribution in [2.24, 2.45) is 0 Å². The second-order valence-electron chi connectivity index (χ2n) is 6.23. The van der Waals surface area contributed by atoms with Crippen LogP contribution in [0.3, 0.4) is 0 Å². The Morgan fingerprint density at radius 3 is 2.83 bits per heavy atom. The molecule has 4 rings (SSSR count). The molecule has 1 saturated carbocycles. The predicted octanol–water partition coefficient (Wildman–Crippen LogP) is 2.85. The maximum atomic E-state index is 12.7. The molecule has 1 fully saturated rings. The largest absolute Gasteiger partial charge is 0.486 e. The maximum absolute atomic E-state index is 12.7. The molecule has 6 heteroatoms. The summed E-state index contributed by atoms with van der Waals surface area (Å²) >= 11 is 0. The summed E-state index contributed by atoms with van der Waals surface area (Å²) in [5, 5.41) is 3.94. The van der Waals surface area contributed by atoms with E-state index in [0.717, 1.165) is 30.1 Å². The molecular weight excluding hydrogens is 308 g/mol. The van der Waals surface area contributed by atoms with E-state index in [0.29, 0.717) is 31.3 Å². The van der Waals surface area contributed by atoms with Crippen molar-refractivity contribution in [3.63, 3.8) is 0 Å². The lowest BCUT2D eigenvalue weighted by Gasteiger charge is -2.30. The summed E-state index contributed by atoms with van der Waals surface area (Å²) in [5.41, 5.74) is 0.371. The van der Waals surface area contributed by atoms with E-state index >= 15 is 0 Å². The number of para-hydroxylation sites is 2. The maximum Gasteiger partial charge on any atom is 0.276 e. The Labute approximate surface area is 140 Å². The molecule has 2 aromatic rings. The van der Waals surface area contributed by atoms with Crippen LogP contribution in [0.1, 0.15) is 41.9 Å². The van der Waals surface area contributed by atoms with Gasteiger partial charge in [0.25, 0.3) is 5.91 Å². The molecule has 1 aromatic heterocycles. The van der Waals surface area contributed by atoms with Gasteiger partial charge in [-0.15, -0.1) is 0 Å². The fourth-order valence-electron chi connectivity index (χ4n) is 2.87. The summed E-state index contributed by atoms with van der Waals surface area (Å²) in [6.07, 6.45) is 2.04. The fraction of sp³-hybridized carbons (Fsp3) is 0.444. The zero-order valence-electron chi connectivity index (χ0n) is 13.6. The highest BCUT2D eigenvalue weighted by Crippen LogP contribution is 2.40. The van der Waals surface area contributed by atoms with E-state index in [2.05, 4.69) is 5.16 Å². The number of ether oxygens (including phenoxy) is 2. The van der Waals surface area contributed by atoms with Crippen molar-refractivity contribution < 1.29 is 18.8 Å². The molecule has 1 amide bonds. The number of fused-ring (bicyclic) bond motifs is 1. The number of carbonyl (C=O) groups is 1. The molecule has 126 valence electrons. The third-order valence-corrected chi connectivity index (χ3v) is 4.39. The molecule has 1 aromatic carbocycles. The summed E-state index contributed by atoms with van der Waals surface area (Å²) in [6.45, 7) is 3.39. The van der Waals surface area contributed by atoms with E-state index < -0.39 is 0 Å². The molecule has 0 bridgehead atoms. The average molecular weight is 328 g/mol. The van der Waals surface area contributed by atoms with E-state index in [-0.39, 0.29) is 12.0 Å². The lowest BCUT2D eigenvalue weighted by atomic mass is 10.2. The second kappa shape index (κ2) is 6.19. The Morgan fingerprint density at radius 2 is 2.08 bits per heavy atom. The van der Waals surface area contributed by atoms with Crippen molar-refractivity contribution in [3.8, 4) is 11.5 Å². The van der Waals surface area contributed by atoms with Gasteiger partial charge in [0.2, 0.25) is 0 Å². The molecule has 6 nitrogen and oxygen atoms in total. The van der Waals surface area contributed by atoms with E-state index in [4.69, 9.17) is 14.0 Å². The number of amides is 1. The first-order valence-corrected chi connectivity index (χ1v) is 8.39. The number of rotatable bonds is 5. The zero-order chi connectivity index (χ0) is 16.5. The van der Waals surface area contributed by atoms with Crippen molar-refractivity contribution in [3.05, 3.63) is 41.8 Å². The summed E-state index contributed by atoms with van der Waals surface area (Å²) in [6, 6.07) is 9.34. The van der Waals surface area contributed by atoms with E-state index in [9.17, 15) is 4.79 Å². The summed E-state index contributed by atoms with van der Waals surface area (Å²) in [4.78, 5) is 14.4. The first kappa shape index (κ1) is 15.1. The first-order valence-electron chi connectivity index (χ1n) is 8.39. The molecule has 0 radical (unpaired) electrons. The summed E-state index contributed by atoms with van der Waals surface area (Å²) < 4.78 is 16.9. The number of hydrogen-bond acceptors (Lipinski definition) is 5. The van der Waals surface area contributed by atoms with Crippen LogP contribution in [0.2, 0.25) is 0 Å². The van der Waals surface area contributed by atoms with Gasteiger partial charge in [0.1, 0.15) is 12.4 Å². The first-order chi connectivity index (χ1) is 11.7. The van der Waals surface area contributed by atoms with Gasteiger partial charge in [-0.2, -0.15) is 0 Å². The molecule has 0 saturated heterocycles. The molecule has 1 aliphatic heterocycles.